The third-order valence-corrected chi connectivity index (χ3v) is 2.98. The Bertz CT molecular complexity index is 436. The van der Waals surface area contributed by atoms with Crippen molar-refractivity contribution in [1.82, 2.24) is 9.55 Å². The van der Waals surface area contributed by atoms with Gasteiger partial charge in [0.2, 0.25) is 0 Å². The molecule has 1 radical (unpaired) electrons. The summed E-state index contributed by atoms with van der Waals surface area (Å²) >= 11 is 2.63. The standard InChI is InChI=1S/C9H11N2O4Se/c12-4-6-5(13)3-8(15-6)11-2-1-7(16)10-9(11)14/h1-2,5-6,8,12-13H,3-4H2/t5-,6+,8+/m0/s1. The van der Waals surface area contributed by atoms with Crippen LogP contribution in [-0.2, 0) is 4.74 Å². The number of nitrogens with zero attached hydrogens (tertiary/aromatic N) is 2. The van der Waals surface area contributed by atoms with Crippen LogP contribution in [0.2, 0.25) is 0 Å². The number of hydrogen-bond donors (Lipinski definition) is 2. The summed E-state index contributed by atoms with van der Waals surface area (Å²) in [7, 11) is 0. The number of hydrogen-bond acceptors (Lipinski definition) is 5. The molecule has 1 saturated heterocycles. The number of aromatic nitrogens is 2. The quantitative estimate of drug-likeness (QED) is 0.597. The van der Waals surface area contributed by atoms with E-state index in [4.69, 9.17) is 9.84 Å². The minimum atomic E-state index is -0.755. The summed E-state index contributed by atoms with van der Waals surface area (Å²) in [6, 6.07) is 1.64. The molecule has 0 bridgehead atoms. The van der Waals surface area contributed by atoms with E-state index in [9.17, 15) is 9.90 Å². The van der Waals surface area contributed by atoms with Crippen LogP contribution in [0.4, 0.5) is 0 Å². The molecule has 6 nitrogen and oxygen atoms in total. The molecule has 0 aromatic carbocycles. The van der Waals surface area contributed by atoms with Gasteiger partial charge in [0.25, 0.3) is 0 Å². The van der Waals surface area contributed by atoms with Gasteiger partial charge in [0.15, 0.2) is 0 Å². The van der Waals surface area contributed by atoms with E-state index >= 15 is 0 Å². The fraction of sp³-hybridized carbons (Fsp3) is 0.556. The molecule has 0 saturated carbocycles. The zero-order valence-electron chi connectivity index (χ0n) is 8.31. The number of aliphatic hydroxyl groups is 2. The van der Waals surface area contributed by atoms with Crippen molar-refractivity contribution in [3.63, 3.8) is 0 Å². The summed E-state index contributed by atoms with van der Waals surface area (Å²) in [6.07, 6.45) is -0.120. The van der Waals surface area contributed by atoms with E-state index in [0.29, 0.717) is 4.59 Å². The Kier molecular flexibility index (Phi) is 3.41. The van der Waals surface area contributed by atoms with Gasteiger partial charge in [0.1, 0.15) is 0 Å². The van der Waals surface area contributed by atoms with E-state index < -0.39 is 24.1 Å². The molecule has 2 N–H and O–H groups in total. The van der Waals surface area contributed by atoms with Crippen LogP contribution >= 0.6 is 0 Å². The second-order valence-electron chi connectivity index (χ2n) is 3.57. The Morgan fingerprint density at radius 3 is 3.00 bits per heavy atom. The molecule has 0 aliphatic carbocycles. The molecule has 1 aliphatic heterocycles. The molecule has 16 heavy (non-hydrogen) atoms. The molecule has 3 atom stereocenters. The van der Waals surface area contributed by atoms with Crippen molar-refractivity contribution >= 4 is 20.6 Å². The van der Waals surface area contributed by atoms with Gasteiger partial charge >= 0.3 is 99.3 Å². The zero-order chi connectivity index (χ0) is 11.7. The van der Waals surface area contributed by atoms with Crippen LogP contribution < -0.4 is 10.3 Å². The van der Waals surface area contributed by atoms with Crippen molar-refractivity contribution in [2.45, 2.75) is 24.9 Å². The van der Waals surface area contributed by atoms with Crippen LogP contribution in [-0.4, -0.2) is 54.6 Å². The van der Waals surface area contributed by atoms with Crippen molar-refractivity contribution in [3.05, 3.63) is 22.7 Å². The van der Waals surface area contributed by atoms with E-state index in [2.05, 4.69) is 21.0 Å². The molecule has 87 valence electrons. The first-order valence-electron chi connectivity index (χ1n) is 4.82. The predicted molar refractivity (Wildman–Crippen MR) is 55.5 cm³/mol. The fourth-order valence-electron chi connectivity index (χ4n) is 1.67. The SMILES string of the molecule is O=c1nc([Se])ccn1[C@H]1C[C@H](O)[C@@H](CO)O1. The number of aliphatic hydroxyl groups excluding tert-OH is 2. The Hall–Kier alpha value is -0.721. The van der Waals surface area contributed by atoms with Crippen molar-refractivity contribution in [2.75, 3.05) is 6.61 Å². The Balaban J connectivity index is 2.23. The Morgan fingerprint density at radius 2 is 2.44 bits per heavy atom. The van der Waals surface area contributed by atoms with Gasteiger partial charge in [-0.2, -0.15) is 0 Å². The predicted octanol–water partition coefficient (Wildman–Crippen LogP) is -2.32. The summed E-state index contributed by atoms with van der Waals surface area (Å²) in [6.45, 7) is -0.264. The minimum absolute atomic E-state index is 0.264. The van der Waals surface area contributed by atoms with E-state index in [1.165, 1.54) is 4.57 Å². The molecule has 2 heterocycles. The van der Waals surface area contributed by atoms with Crippen LogP contribution in [0.3, 0.4) is 0 Å². The summed E-state index contributed by atoms with van der Waals surface area (Å²) in [4.78, 5) is 15.3. The van der Waals surface area contributed by atoms with Gasteiger partial charge in [-0.3, -0.25) is 0 Å². The maximum atomic E-state index is 11.5. The van der Waals surface area contributed by atoms with Gasteiger partial charge in [-0.05, 0) is 0 Å². The normalized spacial score (nSPS) is 29.5. The first-order chi connectivity index (χ1) is 7.61. The number of ether oxygens (including phenoxy) is 1. The summed E-state index contributed by atoms with van der Waals surface area (Å²) in [5.74, 6) is 0. The van der Waals surface area contributed by atoms with Gasteiger partial charge in [-0.15, -0.1) is 0 Å². The molecule has 7 heteroatoms. The topological polar surface area (TPSA) is 84.6 Å². The van der Waals surface area contributed by atoms with Gasteiger partial charge in [-0.25, -0.2) is 0 Å². The molecule has 1 aromatic heterocycles. The molecule has 0 spiro atoms. The molecule has 1 aromatic rings. The van der Waals surface area contributed by atoms with Crippen LogP contribution in [0, 0.1) is 0 Å². The zero-order valence-corrected chi connectivity index (χ0v) is 10.0. The van der Waals surface area contributed by atoms with Crippen molar-refractivity contribution in [2.24, 2.45) is 0 Å². The molecule has 0 unspecified atom stereocenters. The van der Waals surface area contributed by atoms with E-state index in [1.807, 2.05) is 0 Å². The maximum absolute atomic E-state index is 11.5. The monoisotopic (exact) mass is 291 g/mol. The van der Waals surface area contributed by atoms with Crippen LogP contribution in [0.5, 0.6) is 0 Å². The average molecular weight is 290 g/mol. The van der Waals surface area contributed by atoms with Crippen LogP contribution in [0.25, 0.3) is 0 Å². The van der Waals surface area contributed by atoms with Crippen LogP contribution in [0.15, 0.2) is 17.1 Å². The second kappa shape index (κ2) is 4.65. The molecular weight excluding hydrogens is 279 g/mol. The third-order valence-electron chi connectivity index (χ3n) is 2.50. The molecule has 1 aliphatic rings. The Morgan fingerprint density at radius 1 is 1.69 bits per heavy atom. The van der Waals surface area contributed by atoms with Crippen molar-refractivity contribution < 1.29 is 14.9 Å². The first kappa shape index (κ1) is 11.8. The summed E-state index contributed by atoms with van der Waals surface area (Å²) < 4.78 is 7.16. The molecule has 0 amide bonds. The fourth-order valence-corrected chi connectivity index (χ4v) is 1.96. The van der Waals surface area contributed by atoms with E-state index in [1.54, 1.807) is 12.3 Å². The third kappa shape index (κ3) is 2.18. The van der Waals surface area contributed by atoms with Crippen LogP contribution in [0.1, 0.15) is 12.6 Å². The first-order valence-corrected chi connectivity index (χ1v) is 5.68. The van der Waals surface area contributed by atoms with Gasteiger partial charge in [-0.1, -0.05) is 0 Å². The van der Waals surface area contributed by atoms with E-state index in [0.717, 1.165) is 0 Å². The molecule has 1 fully saturated rings. The van der Waals surface area contributed by atoms with Crippen molar-refractivity contribution in [3.8, 4) is 0 Å². The average Bonchev–Trinajstić information content (AvgIpc) is 2.59. The van der Waals surface area contributed by atoms with Gasteiger partial charge < -0.3 is 0 Å². The molecular formula is C9H11N2O4Se. The Labute approximate surface area is 99.7 Å². The van der Waals surface area contributed by atoms with Crippen molar-refractivity contribution in [1.29, 1.82) is 0 Å². The second-order valence-corrected chi connectivity index (χ2v) is 4.45. The summed E-state index contributed by atoms with van der Waals surface area (Å²) in [5.41, 5.74) is -0.438. The van der Waals surface area contributed by atoms with Gasteiger partial charge in [0, 0.05) is 0 Å². The van der Waals surface area contributed by atoms with E-state index in [-0.39, 0.29) is 13.0 Å². The molecule has 2 rings (SSSR count). The van der Waals surface area contributed by atoms with Gasteiger partial charge in [0.05, 0.1) is 0 Å². The number of rotatable bonds is 2. The summed E-state index contributed by atoms with van der Waals surface area (Å²) in [5, 5.41) is 18.5.